The third-order valence-corrected chi connectivity index (χ3v) is 4.88. The molecule has 0 saturated carbocycles. The van der Waals surface area contributed by atoms with E-state index >= 15 is 0 Å². The fourth-order valence-corrected chi connectivity index (χ4v) is 3.43. The summed E-state index contributed by atoms with van der Waals surface area (Å²) >= 11 is 5.90. The van der Waals surface area contributed by atoms with E-state index in [1.54, 1.807) is 18.2 Å². The summed E-state index contributed by atoms with van der Waals surface area (Å²) in [5.74, 6) is 0.0434. The molecular formula is C14H22ClNO3S. The van der Waals surface area contributed by atoms with Gasteiger partial charge in [-0.15, -0.1) is 0 Å². The normalized spacial score (nSPS) is 12.0. The molecule has 4 nitrogen and oxygen atoms in total. The number of sulfone groups is 1. The fraction of sp³-hybridized carbons (Fsp3) is 0.571. The molecule has 0 aliphatic heterocycles. The van der Waals surface area contributed by atoms with Gasteiger partial charge in [-0.05, 0) is 38.9 Å². The van der Waals surface area contributed by atoms with Crippen LogP contribution in [0.1, 0.15) is 20.3 Å². The Balaban J connectivity index is 2.29. The molecule has 0 aliphatic rings. The summed E-state index contributed by atoms with van der Waals surface area (Å²) in [5.41, 5.74) is 0. The summed E-state index contributed by atoms with van der Waals surface area (Å²) in [7, 11) is -3.32. The van der Waals surface area contributed by atoms with E-state index in [1.165, 1.54) is 6.07 Å². The minimum absolute atomic E-state index is 0.0434. The van der Waals surface area contributed by atoms with Crippen LogP contribution >= 0.6 is 11.6 Å². The Morgan fingerprint density at radius 1 is 1.25 bits per heavy atom. The van der Waals surface area contributed by atoms with E-state index in [9.17, 15) is 8.42 Å². The van der Waals surface area contributed by atoms with E-state index in [0.29, 0.717) is 13.2 Å². The van der Waals surface area contributed by atoms with Gasteiger partial charge in [0, 0.05) is 13.2 Å². The van der Waals surface area contributed by atoms with E-state index in [4.69, 9.17) is 16.3 Å². The van der Waals surface area contributed by atoms with Crippen LogP contribution in [0.2, 0.25) is 5.02 Å². The van der Waals surface area contributed by atoms with Crippen LogP contribution in [-0.2, 0) is 14.6 Å². The predicted octanol–water partition coefficient (Wildman–Crippen LogP) is 2.52. The molecule has 0 aliphatic carbocycles. The first kappa shape index (κ1) is 17.4. The number of rotatable bonds is 9. The molecule has 1 rings (SSSR count). The lowest BCUT2D eigenvalue weighted by molar-refractivity contribution is 0.0772. The molecule has 0 spiro atoms. The zero-order valence-corrected chi connectivity index (χ0v) is 13.5. The molecule has 0 atom stereocenters. The van der Waals surface area contributed by atoms with Crippen molar-refractivity contribution in [3.8, 4) is 0 Å². The maximum Gasteiger partial charge on any atom is 0.181 e. The first-order valence-corrected chi connectivity index (χ1v) is 8.76. The van der Waals surface area contributed by atoms with Gasteiger partial charge in [0.05, 0.1) is 21.8 Å². The minimum Gasteiger partial charge on any atom is -0.379 e. The van der Waals surface area contributed by atoms with E-state index in [-0.39, 0.29) is 21.8 Å². The molecule has 0 amide bonds. The largest absolute Gasteiger partial charge is 0.379 e. The third-order valence-electron chi connectivity index (χ3n) is 2.67. The highest BCUT2D eigenvalue weighted by atomic mass is 35.5. The molecule has 0 heterocycles. The van der Waals surface area contributed by atoms with Gasteiger partial charge in [-0.2, -0.15) is 0 Å². The van der Waals surface area contributed by atoms with E-state index in [2.05, 4.69) is 5.32 Å². The average molecular weight is 320 g/mol. The van der Waals surface area contributed by atoms with Crippen molar-refractivity contribution in [2.24, 2.45) is 0 Å². The van der Waals surface area contributed by atoms with E-state index < -0.39 is 9.84 Å². The molecule has 1 aromatic rings. The Bertz CT molecular complexity index is 503. The Morgan fingerprint density at radius 3 is 2.60 bits per heavy atom. The molecule has 0 fully saturated rings. The molecule has 20 heavy (non-hydrogen) atoms. The summed E-state index contributed by atoms with van der Waals surface area (Å²) < 4.78 is 29.6. The molecular weight excluding hydrogens is 298 g/mol. The monoisotopic (exact) mass is 319 g/mol. The summed E-state index contributed by atoms with van der Waals surface area (Å²) in [6, 6.07) is 6.52. The van der Waals surface area contributed by atoms with Crippen molar-refractivity contribution in [1.82, 2.24) is 5.32 Å². The van der Waals surface area contributed by atoms with E-state index in [0.717, 1.165) is 13.0 Å². The molecule has 0 unspecified atom stereocenters. The Kier molecular flexibility index (Phi) is 7.51. The zero-order chi connectivity index (χ0) is 15.0. The second-order valence-corrected chi connectivity index (χ2v) is 7.26. The van der Waals surface area contributed by atoms with Gasteiger partial charge in [0.1, 0.15) is 0 Å². The van der Waals surface area contributed by atoms with Crippen LogP contribution in [0.5, 0.6) is 0 Å². The first-order valence-electron chi connectivity index (χ1n) is 6.73. The quantitative estimate of drug-likeness (QED) is 0.711. The number of nitrogens with one attached hydrogen (secondary N) is 1. The SMILES string of the molecule is CC(C)OCCCNCCS(=O)(=O)c1ccccc1Cl. The fourth-order valence-electron chi connectivity index (χ4n) is 1.65. The zero-order valence-electron chi connectivity index (χ0n) is 11.9. The van der Waals surface area contributed by atoms with Crippen LogP contribution in [0.25, 0.3) is 0 Å². The Morgan fingerprint density at radius 2 is 1.95 bits per heavy atom. The second kappa shape index (κ2) is 8.62. The Hall–Kier alpha value is -0.620. The third kappa shape index (κ3) is 6.22. The highest BCUT2D eigenvalue weighted by Gasteiger charge is 2.16. The van der Waals surface area contributed by atoms with Crippen molar-refractivity contribution in [3.05, 3.63) is 29.3 Å². The van der Waals surface area contributed by atoms with E-state index in [1.807, 2.05) is 13.8 Å². The average Bonchev–Trinajstić information content (AvgIpc) is 2.37. The second-order valence-electron chi connectivity index (χ2n) is 4.77. The van der Waals surface area contributed by atoms with Gasteiger partial charge < -0.3 is 10.1 Å². The minimum atomic E-state index is -3.32. The number of hydrogen-bond acceptors (Lipinski definition) is 4. The van der Waals surface area contributed by atoms with Gasteiger partial charge in [-0.25, -0.2) is 8.42 Å². The van der Waals surface area contributed by atoms with Crippen LogP contribution < -0.4 is 5.32 Å². The highest BCUT2D eigenvalue weighted by molar-refractivity contribution is 7.91. The molecule has 6 heteroatoms. The van der Waals surface area contributed by atoms with Gasteiger partial charge in [0.25, 0.3) is 0 Å². The van der Waals surface area contributed by atoms with Gasteiger partial charge in [0.15, 0.2) is 9.84 Å². The first-order chi connectivity index (χ1) is 9.43. The molecule has 0 bridgehead atoms. The highest BCUT2D eigenvalue weighted by Crippen LogP contribution is 2.21. The van der Waals surface area contributed by atoms with Crippen LogP contribution in [0.3, 0.4) is 0 Å². The number of halogens is 1. The summed E-state index contributed by atoms with van der Waals surface area (Å²) in [4.78, 5) is 0.201. The molecule has 114 valence electrons. The topological polar surface area (TPSA) is 55.4 Å². The van der Waals surface area contributed by atoms with Crippen molar-refractivity contribution in [2.45, 2.75) is 31.3 Å². The van der Waals surface area contributed by atoms with Crippen LogP contribution in [0.4, 0.5) is 0 Å². The van der Waals surface area contributed by atoms with Crippen molar-refractivity contribution >= 4 is 21.4 Å². The molecule has 0 saturated heterocycles. The van der Waals surface area contributed by atoms with Gasteiger partial charge in [0.2, 0.25) is 0 Å². The maximum absolute atomic E-state index is 12.1. The van der Waals surface area contributed by atoms with Crippen molar-refractivity contribution in [3.63, 3.8) is 0 Å². The lowest BCUT2D eigenvalue weighted by Crippen LogP contribution is -2.25. The number of ether oxygens (including phenoxy) is 1. The van der Waals surface area contributed by atoms with Gasteiger partial charge in [-0.1, -0.05) is 23.7 Å². The summed E-state index contributed by atoms with van der Waals surface area (Å²) in [6.45, 7) is 5.81. The van der Waals surface area contributed by atoms with Gasteiger partial charge in [-0.3, -0.25) is 0 Å². The van der Waals surface area contributed by atoms with Gasteiger partial charge >= 0.3 is 0 Å². The lowest BCUT2D eigenvalue weighted by atomic mass is 10.4. The standard InChI is InChI=1S/C14H22ClNO3S/c1-12(2)19-10-5-8-16-9-11-20(17,18)14-7-4-3-6-13(14)15/h3-4,6-7,12,16H,5,8-11H2,1-2H3. The molecule has 0 aromatic heterocycles. The molecule has 1 N–H and O–H groups in total. The molecule has 1 aromatic carbocycles. The smallest absolute Gasteiger partial charge is 0.181 e. The van der Waals surface area contributed by atoms with Crippen LogP contribution in [0.15, 0.2) is 29.2 Å². The predicted molar refractivity (Wildman–Crippen MR) is 82.1 cm³/mol. The summed E-state index contributed by atoms with van der Waals surface area (Å²) in [5, 5.41) is 3.38. The number of benzene rings is 1. The molecule has 0 radical (unpaired) electrons. The van der Waals surface area contributed by atoms with Crippen molar-refractivity contribution in [2.75, 3.05) is 25.4 Å². The van der Waals surface area contributed by atoms with Crippen molar-refractivity contribution in [1.29, 1.82) is 0 Å². The Labute approximate surface area is 126 Å². The maximum atomic E-state index is 12.1. The summed E-state index contributed by atoms with van der Waals surface area (Å²) in [6.07, 6.45) is 1.10. The van der Waals surface area contributed by atoms with Crippen LogP contribution in [-0.4, -0.2) is 40.0 Å². The van der Waals surface area contributed by atoms with Crippen LogP contribution in [0, 0.1) is 0 Å². The number of hydrogen-bond donors (Lipinski definition) is 1. The lowest BCUT2D eigenvalue weighted by Gasteiger charge is -2.09. The van der Waals surface area contributed by atoms with Crippen molar-refractivity contribution < 1.29 is 13.2 Å².